The van der Waals surface area contributed by atoms with Crippen molar-refractivity contribution in [2.45, 2.75) is 46.7 Å². The predicted octanol–water partition coefficient (Wildman–Crippen LogP) is 3.25. The fraction of sp³-hybridized carbons (Fsp3) is 0.636. The van der Waals surface area contributed by atoms with E-state index in [4.69, 9.17) is 0 Å². The van der Waals surface area contributed by atoms with Crippen molar-refractivity contribution in [3.05, 3.63) is 21.4 Å². The van der Waals surface area contributed by atoms with Crippen LogP contribution in [0.25, 0.3) is 0 Å². The largest absolute Gasteiger partial charge is 0.309 e. The number of hydrogen-bond donors (Lipinski definition) is 1. The fourth-order valence-electron chi connectivity index (χ4n) is 1.16. The molecule has 13 heavy (non-hydrogen) atoms. The van der Waals surface area contributed by atoms with E-state index in [1.807, 2.05) is 11.3 Å². The summed E-state index contributed by atoms with van der Waals surface area (Å²) in [5, 5.41) is 3.50. The fourth-order valence-corrected chi connectivity index (χ4v) is 2.16. The highest BCUT2D eigenvalue weighted by Gasteiger charge is 2.02. The first-order chi connectivity index (χ1) is 6.13. The van der Waals surface area contributed by atoms with Gasteiger partial charge in [0.2, 0.25) is 0 Å². The molecule has 1 aromatic heterocycles. The third-order valence-corrected chi connectivity index (χ3v) is 3.61. The quantitative estimate of drug-likeness (QED) is 0.781. The standard InChI is InChI=1S/C11H19NS/c1-5-9(3)12-7-11-6-8(2)10(4)13-11/h6,9,12H,5,7H2,1-4H3. The second-order valence-electron chi connectivity index (χ2n) is 3.64. The van der Waals surface area contributed by atoms with Gasteiger partial charge in [-0.1, -0.05) is 6.92 Å². The smallest absolute Gasteiger partial charge is 0.0302 e. The van der Waals surface area contributed by atoms with Crippen molar-refractivity contribution in [2.75, 3.05) is 0 Å². The number of rotatable bonds is 4. The minimum Gasteiger partial charge on any atom is -0.309 e. The van der Waals surface area contributed by atoms with Crippen LogP contribution in [0.15, 0.2) is 6.07 Å². The van der Waals surface area contributed by atoms with Crippen LogP contribution in [0.4, 0.5) is 0 Å². The van der Waals surface area contributed by atoms with E-state index in [0.717, 1.165) is 6.54 Å². The van der Waals surface area contributed by atoms with Crippen LogP contribution < -0.4 is 5.32 Å². The maximum absolute atomic E-state index is 3.50. The molecule has 0 saturated heterocycles. The van der Waals surface area contributed by atoms with Gasteiger partial charge < -0.3 is 5.32 Å². The van der Waals surface area contributed by atoms with Gasteiger partial charge in [-0.25, -0.2) is 0 Å². The molecule has 0 aromatic carbocycles. The molecule has 1 heterocycles. The average Bonchev–Trinajstić information content (AvgIpc) is 2.42. The van der Waals surface area contributed by atoms with Crippen LogP contribution in [0.1, 0.15) is 35.6 Å². The molecule has 1 atom stereocenters. The molecular weight excluding hydrogens is 178 g/mol. The minimum atomic E-state index is 0.628. The van der Waals surface area contributed by atoms with Crippen molar-refractivity contribution in [3.63, 3.8) is 0 Å². The lowest BCUT2D eigenvalue weighted by atomic mass is 10.2. The van der Waals surface area contributed by atoms with Crippen LogP contribution in [-0.2, 0) is 6.54 Å². The lowest BCUT2D eigenvalue weighted by Crippen LogP contribution is -2.23. The highest BCUT2D eigenvalue weighted by Crippen LogP contribution is 2.20. The van der Waals surface area contributed by atoms with Gasteiger partial charge in [-0.3, -0.25) is 0 Å². The van der Waals surface area contributed by atoms with Gasteiger partial charge >= 0.3 is 0 Å². The first-order valence-corrected chi connectivity index (χ1v) is 5.74. The van der Waals surface area contributed by atoms with E-state index in [1.54, 1.807) is 0 Å². The highest BCUT2D eigenvalue weighted by molar-refractivity contribution is 7.12. The van der Waals surface area contributed by atoms with Gasteiger partial charge in [0.15, 0.2) is 0 Å². The summed E-state index contributed by atoms with van der Waals surface area (Å²) < 4.78 is 0. The Labute approximate surface area is 85.2 Å². The zero-order valence-electron chi connectivity index (χ0n) is 8.98. The normalized spacial score (nSPS) is 13.2. The van der Waals surface area contributed by atoms with Crippen LogP contribution in [0.3, 0.4) is 0 Å². The second-order valence-corrected chi connectivity index (χ2v) is 4.98. The minimum absolute atomic E-state index is 0.628. The summed E-state index contributed by atoms with van der Waals surface area (Å²) in [5.74, 6) is 0. The molecule has 0 saturated carbocycles. The predicted molar refractivity (Wildman–Crippen MR) is 60.4 cm³/mol. The van der Waals surface area contributed by atoms with Crippen molar-refractivity contribution in [1.82, 2.24) is 5.32 Å². The van der Waals surface area contributed by atoms with E-state index in [9.17, 15) is 0 Å². The SMILES string of the molecule is CCC(C)NCc1cc(C)c(C)s1. The third-order valence-electron chi connectivity index (χ3n) is 2.45. The van der Waals surface area contributed by atoms with Crippen molar-refractivity contribution < 1.29 is 0 Å². The van der Waals surface area contributed by atoms with Crippen molar-refractivity contribution >= 4 is 11.3 Å². The van der Waals surface area contributed by atoms with Gasteiger partial charge in [-0.05, 0) is 38.8 Å². The Bertz CT molecular complexity index is 246. The Kier molecular flexibility index (Phi) is 3.94. The third kappa shape index (κ3) is 3.12. The van der Waals surface area contributed by atoms with E-state index >= 15 is 0 Å². The Balaban J connectivity index is 2.45. The van der Waals surface area contributed by atoms with Crippen LogP contribution in [-0.4, -0.2) is 6.04 Å². The summed E-state index contributed by atoms with van der Waals surface area (Å²) in [4.78, 5) is 2.90. The average molecular weight is 197 g/mol. The molecule has 74 valence electrons. The second kappa shape index (κ2) is 4.77. The molecule has 0 fully saturated rings. The van der Waals surface area contributed by atoms with Crippen LogP contribution in [0, 0.1) is 13.8 Å². The molecule has 0 aliphatic carbocycles. The molecular formula is C11H19NS. The maximum atomic E-state index is 3.50. The maximum Gasteiger partial charge on any atom is 0.0302 e. The molecule has 1 nitrogen and oxygen atoms in total. The summed E-state index contributed by atoms with van der Waals surface area (Å²) >= 11 is 1.90. The van der Waals surface area contributed by atoms with Crippen molar-refractivity contribution in [2.24, 2.45) is 0 Å². The Morgan fingerprint density at radius 2 is 2.15 bits per heavy atom. The lowest BCUT2D eigenvalue weighted by Gasteiger charge is -2.09. The summed E-state index contributed by atoms with van der Waals surface area (Å²) in [5.41, 5.74) is 1.42. The summed E-state index contributed by atoms with van der Waals surface area (Å²) in [7, 11) is 0. The van der Waals surface area contributed by atoms with Crippen molar-refractivity contribution in [3.8, 4) is 0 Å². The zero-order chi connectivity index (χ0) is 9.84. The Morgan fingerprint density at radius 1 is 1.46 bits per heavy atom. The van der Waals surface area contributed by atoms with E-state index in [-0.39, 0.29) is 0 Å². The first-order valence-electron chi connectivity index (χ1n) is 4.92. The van der Waals surface area contributed by atoms with E-state index < -0.39 is 0 Å². The monoisotopic (exact) mass is 197 g/mol. The molecule has 0 amide bonds. The summed E-state index contributed by atoms with van der Waals surface area (Å²) in [6.45, 7) is 9.83. The Morgan fingerprint density at radius 3 is 2.62 bits per heavy atom. The summed E-state index contributed by atoms with van der Waals surface area (Å²) in [6, 6.07) is 2.91. The Hall–Kier alpha value is -0.340. The molecule has 0 bridgehead atoms. The van der Waals surface area contributed by atoms with Gasteiger partial charge in [-0.2, -0.15) is 0 Å². The van der Waals surface area contributed by atoms with E-state index in [0.29, 0.717) is 6.04 Å². The van der Waals surface area contributed by atoms with Gasteiger partial charge in [0.25, 0.3) is 0 Å². The van der Waals surface area contributed by atoms with Gasteiger partial charge in [0.05, 0.1) is 0 Å². The number of nitrogens with one attached hydrogen (secondary N) is 1. The number of thiophene rings is 1. The van der Waals surface area contributed by atoms with E-state index in [2.05, 4.69) is 39.1 Å². The number of aryl methyl sites for hydroxylation is 2. The molecule has 1 aromatic rings. The molecule has 0 radical (unpaired) electrons. The highest BCUT2D eigenvalue weighted by atomic mass is 32.1. The van der Waals surface area contributed by atoms with Crippen LogP contribution >= 0.6 is 11.3 Å². The van der Waals surface area contributed by atoms with E-state index in [1.165, 1.54) is 21.7 Å². The molecule has 1 unspecified atom stereocenters. The molecule has 0 aliphatic rings. The zero-order valence-corrected chi connectivity index (χ0v) is 9.79. The number of hydrogen-bond acceptors (Lipinski definition) is 2. The molecule has 1 N–H and O–H groups in total. The van der Waals surface area contributed by atoms with Gasteiger partial charge in [-0.15, -0.1) is 11.3 Å². The molecule has 2 heteroatoms. The summed E-state index contributed by atoms with van der Waals surface area (Å²) in [6.07, 6.45) is 1.20. The molecule has 0 spiro atoms. The molecule has 0 aliphatic heterocycles. The van der Waals surface area contributed by atoms with Gasteiger partial charge in [0.1, 0.15) is 0 Å². The van der Waals surface area contributed by atoms with Crippen LogP contribution in [0.5, 0.6) is 0 Å². The van der Waals surface area contributed by atoms with Gasteiger partial charge in [0, 0.05) is 22.3 Å². The first kappa shape index (κ1) is 10.7. The topological polar surface area (TPSA) is 12.0 Å². The van der Waals surface area contributed by atoms with Crippen LogP contribution in [0.2, 0.25) is 0 Å². The lowest BCUT2D eigenvalue weighted by molar-refractivity contribution is 0.537. The molecule has 1 rings (SSSR count). The van der Waals surface area contributed by atoms with Crippen molar-refractivity contribution in [1.29, 1.82) is 0 Å².